The Labute approximate surface area is 233 Å². The number of likely N-dealkylation sites (N-methyl/N-ethyl adjacent to an activating group) is 1. The molecule has 12 nitrogen and oxygen atoms in total. The number of hydrogen-bond acceptors (Lipinski definition) is 8. The van der Waals surface area contributed by atoms with Gasteiger partial charge < -0.3 is 19.4 Å². The van der Waals surface area contributed by atoms with Gasteiger partial charge in [0.1, 0.15) is 6.61 Å². The second-order valence-corrected chi connectivity index (χ2v) is 12.7. The first-order chi connectivity index (χ1) is 18.9. The van der Waals surface area contributed by atoms with Crippen LogP contribution < -0.4 is 5.48 Å². The molecular weight excluding hydrogens is 538 g/mol. The van der Waals surface area contributed by atoms with Crippen molar-refractivity contribution in [1.82, 2.24) is 24.7 Å². The highest BCUT2D eigenvalue weighted by molar-refractivity contribution is 7.92. The molecule has 2 aliphatic heterocycles. The molecule has 1 aromatic carbocycles. The van der Waals surface area contributed by atoms with Crippen molar-refractivity contribution >= 4 is 27.9 Å². The van der Waals surface area contributed by atoms with Gasteiger partial charge in [-0.2, -0.15) is 0 Å². The van der Waals surface area contributed by atoms with Crippen LogP contribution in [0.15, 0.2) is 36.5 Å². The molecule has 0 saturated carbocycles. The summed E-state index contributed by atoms with van der Waals surface area (Å²) >= 11 is 0. The van der Waals surface area contributed by atoms with Gasteiger partial charge in [-0.25, -0.2) is 23.5 Å². The molecule has 1 saturated heterocycles. The molecule has 214 valence electrons. The molecule has 3 heterocycles. The highest BCUT2D eigenvalue weighted by Crippen LogP contribution is 2.25. The Kier molecular flexibility index (Phi) is 8.53. The van der Waals surface area contributed by atoms with Crippen LogP contribution in [0.2, 0.25) is 0 Å². The van der Waals surface area contributed by atoms with Gasteiger partial charge in [-0.05, 0) is 44.2 Å². The standard InChI is InChI=1S/C27H33N5O7S/c1-27(24(33)28-36,40(3,37)38)10-11-31-18-23-16-22(17-32(23)25(31)34)9-6-20-4-7-21(8-5-20)19-39-26(35)30-14-12-29(2)13-15-30/h4-5,7-8,16-17,36H,10-15,18-19H2,1-3H3,(H,28,33)/t27-/m1/s1. The molecule has 1 atom stereocenters. The van der Waals surface area contributed by atoms with Gasteiger partial charge in [-0.15, -0.1) is 0 Å². The molecule has 1 fully saturated rings. The number of rotatable bonds is 7. The zero-order valence-corrected chi connectivity index (χ0v) is 23.5. The van der Waals surface area contributed by atoms with Crippen molar-refractivity contribution in [3.8, 4) is 11.8 Å². The van der Waals surface area contributed by atoms with Crippen molar-refractivity contribution in [1.29, 1.82) is 0 Å². The van der Waals surface area contributed by atoms with Crippen molar-refractivity contribution in [3.05, 3.63) is 58.9 Å². The Morgan fingerprint density at radius 3 is 2.35 bits per heavy atom. The molecular formula is C27H33N5O7S. The number of piperazine rings is 1. The summed E-state index contributed by atoms with van der Waals surface area (Å²) in [6, 6.07) is 8.81. The quantitative estimate of drug-likeness (QED) is 0.287. The lowest BCUT2D eigenvalue weighted by molar-refractivity contribution is -0.131. The predicted molar refractivity (Wildman–Crippen MR) is 145 cm³/mol. The number of carbonyl (C=O) groups excluding carboxylic acids is 3. The van der Waals surface area contributed by atoms with Gasteiger partial charge in [-0.3, -0.25) is 14.6 Å². The summed E-state index contributed by atoms with van der Waals surface area (Å²) in [4.78, 5) is 42.4. The van der Waals surface area contributed by atoms with E-state index in [9.17, 15) is 22.8 Å². The topological polar surface area (TPSA) is 141 Å². The first-order valence-electron chi connectivity index (χ1n) is 12.8. The van der Waals surface area contributed by atoms with E-state index in [1.54, 1.807) is 17.2 Å². The van der Waals surface area contributed by atoms with Gasteiger partial charge in [0, 0.05) is 62.0 Å². The summed E-state index contributed by atoms with van der Waals surface area (Å²) in [6.07, 6.45) is 2.05. The summed E-state index contributed by atoms with van der Waals surface area (Å²) in [6.45, 7) is 4.62. The number of hydroxylamine groups is 1. The second kappa shape index (κ2) is 11.7. The SMILES string of the molecule is CN1CCN(C(=O)OCc2ccc(C#Cc3cc4n(c3)C(=O)N(CC[C@](C)(C(=O)NO)S(C)(=O)=O)C4)cc2)CC1. The Morgan fingerprint density at radius 2 is 1.75 bits per heavy atom. The van der Waals surface area contributed by atoms with Gasteiger partial charge in [0.2, 0.25) is 0 Å². The highest BCUT2D eigenvalue weighted by Gasteiger charge is 2.44. The van der Waals surface area contributed by atoms with E-state index in [0.717, 1.165) is 30.5 Å². The first-order valence-corrected chi connectivity index (χ1v) is 14.7. The molecule has 3 amide bonds. The molecule has 2 N–H and O–H groups in total. The van der Waals surface area contributed by atoms with Crippen LogP contribution in [-0.2, 0) is 32.5 Å². The average molecular weight is 572 g/mol. The maximum atomic E-state index is 12.9. The van der Waals surface area contributed by atoms with E-state index in [4.69, 9.17) is 9.94 Å². The minimum Gasteiger partial charge on any atom is -0.445 e. The normalized spacial score (nSPS) is 17.1. The smallest absolute Gasteiger partial charge is 0.410 e. The largest absolute Gasteiger partial charge is 0.445 e. The summed E-state index contributed by atoms with van der Waals surface area (Å²) in [7, 11) is -1.83. The molecule has 2 aromatic rings. The number of aromatic nitrogens is 1. The van der Waals surface area contributed by atoms with E-state index in [1.165, 1.54) is 21.9 Å². The lowest BCUT2D eigenvalue weighted by Gasteiger charge is -2.31. The van der Waals surface area contributed by atoms with E-state index in [1.807, 2.05) is 31.3 Å². The zero-order chi connectivity index (χ0) is 29.1. The minimum absolute atomic E-state index is 0.00947. The zero-order valence-electron chi connectivity index (χ0n) is 22.7. The maximum Gasteiger partial charge on any atom is 0.410 e. The Hall–Kier alpha value is -3.86. The number of ether oxygens (including phenoxy) is 1. The van der Waals surface area contributed by atoms with Crippen molar-refractivity contribution < 1.29 is 32.7 Å². The fourth-order valence-corrected chi connectivity index (χ4v) is 5.30. The molecule has 0 bridgehead atoms. The fraction of sp³-hybridized carbons (Fsp3) is 0.444. The maximum absolute atomic E-state index is 12.9. The third-order valence-corrected chi connectivity index (χ3v) is 9.44. The van der Waals surface area contributed by atoms with Crippen LogP contribution in [0.3, 0.4) is 0 Å². The lowest BCUT2D eigenvalue weighted by atomic mass is 10.1. The second-order valence-electron chi connectivity index (χ2n) is 10.3. The Morgan fingerprint density at radius 1 is 1.10 bits per heavy atom. The number of sulfone groups is 1. The van der Waals surface area contributed by atoms with E-state index < -0.39 is 20.5 Å². The van der Waals surface area contributed by atoms with Crippen LogP contribution >= 0.6 is 0 Å². The van der Waals surface area contributed by atoms with Crippen LogP contribution in [0.1, 0.15) is 35.7 Å². The van der Waals surface area contributed by atoms with Crippen molar-refractivity contribution in [2.45, 2.75) is 31.2 Å². The van der Waals surface area contributed by atoms with Gasteiger partial charge in [-0.1, -0.05) is 24.0 Å². The van der Waals surface area contributed by atoms with Crippen molar-refractivity contribution in [3.63, 3.8) is 0 Å². The highest BCUT2D eigenvalue weighted by atomic mass is 32.2. The molecule has 40 heavy (non-hydrogen) atoms. The molecule has 13 heteroatoms. The Bertz CT molecular complexity index is 1450. The first kappa shape index (κ1) is 29.1. The molecule has 1 aromatic heterocycles. The fourth-order valence-electron chi connectivity index (χ4n) is 4.45. The predicted octanol–water partition coefficient (Wildman–Crippen LogP) is 1.25. The van der Waals surface area contributed by atoms with Gasteiger partial charge in [0.25, 0.3) is 5.91 Å². The number of benzene rings is 1. The summed E-state index contributed by atoms with van der Waals surface area (Å²) < 4.78 is 29.3. The van der Waals surface area contributed by atoms with Gasteiger partial charge in [0.15, 0.2) is 14.6 Å². The molecule has 0 radical (unpaired) electrons. The summed E-state index contributed by atoms with van der Waals surface area (Å²) in [5, 5.41) is 8.98. The number of carbonyl (C=O) groups is 3. The monoisotopic (exact) mass is 571 g/mol. The van der Waals surface area contributed by atoms with Crippen LogP contribution in [-0.4, -0.2) is 102 Å². The lowest BCUT2D eigenvalue weighted by Crippen LogP contribution is -2.50. The number of nitrogens with zero attached hydrogens (tertiary/aromatic N) is 4. The molecule has 0 spiro atoms. The Balaban J connectivity index is 1.31. The number of nitrogens with one attached hydrogen (secondary N) is 1. The molecule has 0 unspecified atom stereocenters. The number of hydrogen-bond donors (Lipinski definition) is 2. The van der Waals surface area contributed by atoms with Crippen LogP contribution in [0.5, 0.6) is 0 Å². The summed E-state index contributed by atoms with van der Waals surface area (Å²) in [5.74, 6) is 5.06. The van der Waals surface area contributed by atoms with Crippen LogP contribution in [0, 0.1) is 11.8 Å². The third kappa shape index (κ3) is 6.30. The average Bonchev–Trinajstić information content (AvgIpc) is 3.46. The number of amides is 3. The van der Waals surface area contributed by atoms with Gasteiger partial charge >= 0.3 is 12.1 Å². The van der Waals surface area contributed by atoms with E-state index in [2.05, 4.69) is 16.7 Å². The van der Waals surface area contributed by atoms with E-state index in [-0.39, 0.29) is 38.2 Å². The van der Waals surface area contributed by atoms with Crippen LogP contribution in [0.4, 0.5) is 9.59 Å². The minimum atomic E-state index is -3.86. The molecule has 2 aliphatic rings. The van der Waals surface area contributed by atoms with Crippen LogP contribution in [0.25, 0.3) is 0 Å². The summed E-state index contributed by atoms with van der Waals surface area (Å²) in [5.41, 5.74) is 4.36. The third-order valence-electron chi connectivity index (χ3n) is 7.42. The molecule has 4 rings (SSSR count). The number of fused-ring (bicyclic) bond motifs is 1. The molecule has 0 aliphatic carbocycles. The van der Waals surface area contributed by atoms with E-state index >= 15 is 0 Å². The van der Waals surface area contributed by atoms with Crippen molar-refractivity contribution in [2.24, 2.45) is 0 Å². The van der Waals surface area contributed by atoms with Crippen molar-refractivity contribution in [2.75, 3.05) is 46.0 Å². The van der Waals surface area contributed by atoms with Gasteiger partial charge in [0.05, 0.1) is 6.54 Å². The van der Waals surface area contributed by atoms with E-state index in [0.29, 0.717) is 24.3 Å².